The Balaban J connectivity index is 2.32. The van der Waals surface area contributed by atoms with Gasteiger partial charge in [0.1, 0.15) is 0 Å². The predicted molar refractivity (Wildman–Crippen MR) is 42.9 cm³/mol. The van der Waals surface area contributed by atoms with E-state index < -0.39 is 0 Å². The van der Waals surface area contributed by atoms with Crippen molar-refractivity contribution in [3.05, 3.63) is 42.3 Å². The van der Waals surface area contributed by atoms with Gasteiger partial charge in [0.2, 0.25) is 0 Å². The average molecular weight is 131 g/mol. The molecule has 1 aromatic rings. The second-order valence-electron chi connectivity index (χ2n) is 3.02. The van der Waals surface area contributed by atoms with Gasteiger partial charge in [-0.3, -0.25) is 0 Å². The zero-order valence-electron chi connectivity index (χ0n) is 6.01. The standard InChI is InChI=1S/C10H11/c1-8-3-2-4-10(7-8)9-5-6-9/h2-4,7,9H,1,5-6H2. The molecule has 1 aromatic carbocycles. The predicted octanol–water partition coefficient (Wildman–Crippen LogP) is 2.75. The fourth-order valence-corrected chi connectivity index (χ4v) is 1.26. The molecule has 1 aliphatic rings. The lowest BCUT2D eigenvalue weighted by molar-refractivity contribution is 1.13. The van der Waals surface area contributed by atoms with Crippen molar-refractivity contribution in [1.29, 1.82) is 0 Å². The Labute approximate surface area is 61.9 Å². The summed E-state index contributed by atoms with van der Waals surface area (Å²) in [5.74, 6) is 0.863. The molecule has 0 aromatic heterocycles. The maximum absolute atomic E-state index is 3.89. The first-order chi connectivity index (χ1) is 4.86. The summed E-state index contributed by atoms with van der Waals surface area (Å²) in [5.41, 5.74) is 2.62. The van der Waals surface area contributed by atoms with Crippen molar-refractivity contribution in [3.8, 4) is 0 Å². The molecule has 0 atom stereocenters. The molecule has 1 radical (unpaired) electrons. The molecular weight excluding hydrogens is 120 g/mol. The second kappa shape index (κ2) is 2.12. The summed E-state index contributed by atoms with van der Waals surface area (Å²) in [7, 11) is 0. The van der Waals surface area contributed by atoms with Crippen molar-refractivity contribution in [2.45, 2.75) is 18.8 Å². The Morgan fingerprint density at radius 2 is 2.10 bits per heavy atom. The van der Waals surface area contributed by atoms with Crippen LogP contribution in [0.4, 0.5) is 0 Å². The molecule has 1 aliphatic carbocycles. The van der Waals surface area contributed by atoms with Gasteiger partial charge >= 0.3 is 0 Å². The van der Waals surface area contributed by atoms with Gasteiger partial charge in [0.15, 0.2) is 0 Å². The topological polar surface area (TPSA) is 0 Å². The van der Waals surface area contributed by atoms with E-state index in [1.165, 1.54) is 18.4 Å². The Bertz CT molecular complexity index is 234. The molecule has 0 heterocycles. The first-order valence-electron chi connectivity index (χ1n) is 3.78. The van der Waals surface area contributed by atoms with Gasteiger partial charge in [-0.05, 0) is 36.8 Å². The van der Waals surface area contributed by atoms with Crippen molar-refractivity contribution < 1.29 is 0 Å². The lowest BCUT2D eigenvalue weighted by Gasteiger charge is -1.97. The quantitative estimate of drug-likeness (QED) is 0.549. The van der Waals surface area contributed by atoms with Gasteiger partial charge in [0.25, 0.3) is 0 Å². The van der Waals surface area contributed by atoms with Gasteiger partial charge in [0.05, 0.1) is 0 Å². The second-order valence-corrected chi connectivity index (χ2v) is 3.02. The van der Waals surface area contributed by atoms with Crippen LogP contribution in [0.15, 0.2) is 24.3 Å². The Hall–Kier alpha value is -0.780. The summed E-state index contributed by atoms with van der Waals surface area (Å²) < 4.78 is 0. The lowest BCUT2D eigenvalue weighted by Crippen LogP contribution is -1.78. The van der Waals surface area contributed by atoms with Crippen LogP contribution in [0.1, 0.15) is 29.9 Å². The van der Waals surface area contributed by atoms with Gasteiger partial charge in [-0.2, -0.15) is 0 Å². The fraction of sp³-hybridized carbons (Fsp3) is 0.300. The summed E-state index contributed by atoms with van der Waals surface area (Å²) in [6, 6.07) is 8.53. The highest BCUT2D eigenvalue weighted by Crippen LogP contribution is 2.39. The van der Waals surface area contributed by atoms with Gasteiger partial charge in [-0.25, -0.2) is 0 Å². The van der Waals surface area contributed by atoms with Crippen LogP contribution >= 0.6 is 0 Å². The Morgan fingerprint density at radius 3 is 2.70 bits per heavy atom. The minimum absolute atomic E-state index is 0.863. The van der Waals surface area contributed by atoms with Crippen molar-refractivity contribution in [2.75, 3.05) is 0 Å². The first-order valence-corrected chi connectivity index (χ1v) is 3.78. The minimum Gasteiger partial charge on any atom is -0.0617 e. The molecule has 0 amide bonds. The van der Waals surface area contributed by atoms with Crippen LogP contribution in [0.25, 0.3) is 0 Å². The third-order valence-electron chi connectivity index (χ3n) is 2.00. The molecule has 0 heteroatoms. The molecular formula is C10H11. The molecule has 0 bridgehead atoms. The van der Waals surface area contributed by atoms with Crippen LogP contribution in [0, 0.1) is 6.92 Å². The van der Waals surface area contributed by atoms with E-state index in [4.69, 9.17) is 0 Å². The van der Waals surface area contributed by atoms with E-state index in [2.05, 4.69) is 25.1 Å². The van der Waals surface area contributed by atoms with Crippen molar-refractivity contribution in [2.24, 2.45) is 0 Å². The molecule has 0 nitrogen and oxygen atoms in total. The highest BCUT2D eigenvalue weighted by Gasteiger charge is 2.22. The van der Waals surface area contributed by atoms with E-state index in [0.717, 1.165) is 11.5 Å². The zero-order valence-corrected chi connectivity index (χ0v) is 6.01. The molecule has 0 unspecified atom stereocenters. The van der Waals surface area contributed by atoms with Gasteiger partial charge in [-0.1, -0.05) is 24.3 Å². The monoisotopic (exact) mass is 131 g/mol. The first kappa shape index (κ1) is 5.96. The number of rotatable bonds is 1. The van der Waals surface area contributed by atoms with Crippen LogP contribution in [-0.4, -0.2) is 0 Å². The minimum atomic E-state index is 0.863. The Kier molecular flexibility index (Phi) is 1.26. The van der Waals surface area contributed by atoms with Crippen LogP contribution in [0.5, 0.6) is 0 Å². The third-order valence-corrected chi connectivity index (χ3v) is 2.00. The molecule has 1 saturated carbocycles. The molecule has 1 fully saturated rings. The van der Waals surface area contributed by atoms with E-state index in [1.807, 2.05) is 6.07 Å². The zero-order chi connectivity index (χ0) is 6.97. The highest BCUT2D eigenvalue weighted by atomic mass is 14.3. The van der Waals surface area contributed by atoms with Crippen molar-refractivity contribution in [3.63, 3.8) is 0 Å². The number of benzene rings is 1. The van der Waals surface area contributed by atoms with E-state index in [-0.39, 0.29) is 0 Å². The third kappa shape index (κ3) is 1.06. The van der Waals surface area contributed by atoms with E-state index in [1.54, 1.807) is 0 Å². The summed E-state index contributed by atoms with van der Waals surface area (Å²) in [4.78, 5) is 0. The van der Waals surface area contributed by atoms with E-state index in [0.29, 0.717) is 0 Å². The molecule has 0 aliphatic heterocycles. The van der Waals surface area contributed by atoms with E-state index >= 15 is 0 Å². The van der Waals surface area contributed by atoms with Crippen LogP contribution < -0.4 is 0 Å². The maximum atomic E-state index is 3.89. The molecule has 10 heavy (non-hydrogen) atoms. The van der Waals surface area contributed by atoms with Gasteiger partial charge in [-0.15, -0.1) is 0 Å². The van der Waals surface area contributed by atoms with Crippen molar-refractivity contribution in [1.82, 2.24) is 0 Å². The molecule has 0 spiro atoms. The summed E-state index contributed by atoms with van der Waals surface area (Å²) in [6.07, 6.45) is 2.76. The van der Waals surface area contributed by atoms with Crippen LogP contribution in [0.3, 0.4) is 0 Å². The maximum Gasteiger partial charge on any atom is -0.0161 e. The fourth-order valence-electron chi connectivity index (χ4n) is 1.26. The largest absolute Gasteiger partial charge is 0.0617 e. The lowest BCUT2D eigenvalue weighted by atomic mass is 10.1. The average Bonchev–Trinajstić information content (AvgIpc) is 2.68. The van der Waals surface area contributed by atoms with Gasteiger partial charge < -0.3 is 0 Å². The summed E-state index contributed by atoms with van der Waals surface area (Å²) >= 11 is 0. The SMILES string of the molecule is [CH2]c1cccc(C2CC2)c1. The van der Waals surface area contributed by atoms with E-state index in [9.17, 15) is 0 Å². The molecule has 0 N–H and O–H groups in total. The normalized spacial score (nSPS) is 17.3. The Morgan fingerprint density at radius 1 is 1.30 bits per heavy atom. The molecule has 2 rings (SSSR count). The number of hydrogen-bond donors (Lipinski definition) is 0. The van der Waals surface area contributed by atoms with Gasteiger partial charge in [0, 0.05) is 0 Å². The molecule has 51 valence electrons. The highest BCUT2D eigenvalue weighted by molar-refractivity contribution is 5.30. The molecule has 0 saturated heterocycles. The number of hydrogen-bond acceptors (Lipinski definition) is 0. The smallest absolute Gasteiger partial charge is 0.0161 e. The van der Waals surface area contributed by atoms with Crippen LogP contribution in [-0.2, 0) is 0 Å². The summed E-state index contributed by atoms with van der Waals surface area (Å²) in [6.45, 7) is 3.89. The van der Waals surface area contributed by atoms with Crippen molar-refractivity contribution >= 4 is 0 Å². The summed E-state index contributed by atoms with van der Waals surface area (Å²) in [5, 5.41) is 0. The van der Waals surface area contributed by atoms with Crippen LogP contribution in [0.2, 0.25) is 0 Å².